The molecule has 4 nitrogen and oxygen atoms in total. The summed E-state index contributed by atoms with van der Waals surface area (Å²) in [6.07, 6.45) is 10.2. The van der Waals surface area contributed by atoms with Crippen LogP contribution in [-0.4, -0.2) is 46.1 Å². The number of aliphatic hydroxyl groups is 1. The van der Waals surface area contributed by atoms with Gasteiger partial charge in [-0.05, 0) is 55.6 Å². The molecule has 1 fully saturated rings. The lowest BCUT2D eigenvalue weighted by Crippen LogP contribution is -2.35. The molecule has 3 aromatic rings. The molecule has 1 aliphatic rings. The summed E-state index contributed by atoms with van der Waals surface area (Å²) in [5.41, 5.74) is 2.10. The summed E-state index contributed by atoms with van der Waals surface area (Å²) < 4.78 is 2.12. The van der Waals surface area contributed by atoms with Gasteiger partial charge >= 0.3 is 0 Å². The predicted octanol–water partition coefficient (Wildman–Crippen LogP) is 4.84. The molecule has 0 saturated carbocycles. The fourth-order valence-electron chi connectivity index (χ4n) is 4.13. The van der Waals surface area contributed by atoms with Crippen molar-refractivity contribution in [1.82, 2.24) is 9.47 Å². The molecule has 1 atom stereocenters. The summed E-state index contributed by atoms with van der Waals surface area (Å²) in [7, 11) is 0. The van der Waals surface area contributed by atoms with Crippen molar-refractivity contribution in [2.45, 2.75) is 38.3 Å². The SMILES string of the molecule is O=C(/C=C/c1cn(C[C@H](O)CN2CCCCCC2)c2ccccc12)c1cccs1. The highest BCUT2D eigenvalue weighted by atomic mass is 32.1. The molecule has 0 spiro atoms. The Morgan fingerprint density at radius 3 is 2.62 bits per heavy atom. The molecule has 0 amide bonds. The minimum Gasteiger partial charge on any atom is -0.390 e. The first-order chi connectivity index (χ1) is 14.2. The lowest BCUT2D eigenvalue weighted by atomic mass is 10.1. The van der Waals surface area contributed by atoms with Crippen molar-refractivity contribution in [2.75, 3.05) is 19.6 Å². The van der Waals surface area contributed by atoms with Gasteiger partial charge in [-0.25, -0.2) is 0 Å². The highest BCUT2D eigenvalue weighted by Crippen LogP contribution is 2.24. The number of ketones is 1. The molecule has 3 heterocycles. The summed E-state index contributed by atoms with van der Waals surface area (Å²) >= 11 is 1.46. The molecule has 2 aromatic heterocycles. The Morgan fingerprint density at radius 2 is 1.86 bits per heavy atom. The molecular weight excluding hydrogens is 380 g/mol. The number of aromatic nitrogens is 1. The van der Waals surface area contributed by atoms with Crippen LogP contribution in [0.1, 0.15) is 40.9 Å². The van der Waals surface area contributed by atoms with Crippen molar-refractivity contribution in [3.8, 4) is 0 Å². The van der Waals surface area contributed by atoms with Crippen LogP contribution in [0.15, 0.2) is 54.1 Å². The van der Waals surface area contributed by atoms with Gasteiger partial charge in [0.25, 0.3) is 0 Å². The van der Waals surface area contributed by atoms with E-state index in [-0.39, 0.29) is 5.78 Å². The quantitative estimate of drug-likeness (QED) is 0.450. The van der Waals surface area contributed by atoms with Crippen molar-refractivity contribution in [2.24, 2.45) is 0 Å². The van der Waals surface area contributed by atoms with E-state index in [1.807, 2.05) is 35.7 Å². The van der Waals surface area contributed by atoms with Crippen LogP contribution in [0, 0.1) is 0 Å². The molecule has 1 saturated heterocycles. The van der Waals surface area contributed by atoms with Gasteiger partial charge in [-0.3, -0.25) is 4.79 Å². The number of thiophene rings is 1. The lowest BCUT2D eigenvalue weighted by Gasteiger charge is -2.23. The monoisotopic (exact) mass is 408 g/mol. The number of likely N-dealkylation sites (tertiary alicyclic amines) is 1. The number of rotatable bonds is 7. The van der Waals surface area contributed by atoms with E-state index >= 15 is 0 Å². The topological polar surface area (TPSA) is 45.5 Å². The fraction of sp³-hybridized carbons (Fsp3) is 0.375. The number of hydrogen-bond donors (Lipinski definition) is 1. The van der Waals surface area contributed by atoms with E-state index in [9.17, 15) is 9.90 Å². The molecule has 1 aliphatic heterocycles. The largest absolute Gasteiger partial charge is 0.390 e. The average Bonchev–Trinajstić information content (AvgIpc) is 3.30. The Hall–Kier alpha value is -2.21. The average molecular weight is 409 g/mol. The summed E-state index contributed by atoms with van der Waals surface area (Å²) in [4.78, 5) is 15.5. The Labute approximate surface area is 176 Å². The van der Waals surface area contributed by atoms with Gasteiger partial charge in [0, 0.05) is 35.8 Å². The second kappa shape index (κ2) is 9.53. The third-order valence-corrected chi connectivity index (χ3v) is 6.46. The smallest absolute Gasteiger partial charge is 0.195 e. The van der Waals surface area contributed by atoms with E-state index in [4.69, 9.17) is 0 Å². The van der Waals surface area contributed by atoms with Crippen molar-refractivity contribution in [3.05, 3.63) is 64.5 Å². The normalized spacial score (nSPS) is 17.0. The van der Waals surface area contributed by atoms with Crippen LogP contribution in [0.25, 0.3) is 17.0 Å². The number of nitrogens with zero attached hydrogens (tertiary/aromatic N) is 2. The van der Waals surface area contributed by atoms with Crippen molar-refractivity contribution < 1.29 is 9.90 Å². The molecule has 4 rings (SSSR count). The van der Waals surface area contributed by atoms with Crippen LogP contribution in [0.3, 0.4) is 0 Å². The Kier molecular flexibility index (Phi) is 6.60. The van der Waals surface area contributed by atoms with Crippen LogP contribution < -0.4 is 0 Å². The molecule has 0 radical (unpaired) electrons. The first kappa shape index (κ1) is 20.1. The predicted molar refractivity (Wildman–Crippen MR) is 121 cm³/mol. The van der Waals surface area contributed by atoms with Gasteiger partial charge in [0.15, 0.2) is 5.78 Å². The van der Waals surface area contributed by atoms with Crippen LogP contribution in [0.5, 0.6) is 0 Å². The third-order valence-electron chi connectivity index (χ3n) is 5.57. The lowest BCUT2D eigenvalue weighted by molar-refractivity contribution is 0.101. The minimum absolute atomic E-state index is 0.0260. The maximum absolute atomic E-state index is 12.3. The molecule has 0 aliphatic carbocycles. The van der Waals surface area contributed by atoms with Crippen molar-refractivity contribution in [3.63, 3.8) is 0 Å². The number of carbonyl (C=O) groups is 1. The van der Waals surface area contributed by atoms with Crippen LogP contribution in [0.2, 0.25) is 0 Å². The van der Waals surface area contributed by atoms with E-state index in [2.05, 4.69) is 27.8 Å². The maximum atomic E-state index is 12.3. The molecule has 1 aromatic carbocycles. The zero-order valence-corrected chi connectivity index (χ0v) is 17.5. The molecular formula is C24H28N2O2S. The standard InChI is InChI=1S/C24H28N2O2S/c27-20(17-25-13-5-1-2-6-14-25)18-26-16-19(21-8-3-4-9-22(21)26)11-12-23(28)24-10-7-15-29-24/h3-4,7-12,15-16,20,27H,1-2,5-6,13-14,17-18H2/b12-11+/t20-/m1/s1. The van der Waals surface area contributed by atoms with Gasteiger partial charge in [0.05, 0.1) is 11.0 Å². The molecule has 29 heavy (non-hydrogen) atoms. The van der Waals surface area contributed by atoms with Gasteiger partial charge < -0.3 is 14.6 Å². The van der Waals surface area contributed by atoms with E-state index in [1.165, 1.54) is 37.0 Å². The molecule has 1 N–H and O–H groups in total. The van der Waals surface area contributed by atoms with E-state index < -0.39 is 6.10 Å². The summed E-state index contributed by atoms with van der Waals surface area (Å²) in [5.74, 6) is 0.0260. The second-order valence-corrected chi connectivity index (χ2v) is 8.75. The number of β-amino-alcohol motifs (C(OH)–C–C–N with tert-alkyl or cyclic N) is 1. The Bertz CT molecular complexity index is 966. The van der Waals surface area contributed by atoms with Crippen molar-refractivity contribution >= 4 is 34.1 Å². The Morgan fingerprint density at radius 1 is 1.07 bits per heavy atom. The maximum Gasteiger partial charge on any atom is 0.195 e. The first-order valence-electron chi connectivity index (χ1n) is 10.4. The minimum atomic E-state index is -0.409. The molecule has 0 bridgehead atoms. The number of para-hydroxylation sites is 1. The zero-order valence-electron chi connectivity index (χ0n) is 16.7. The van der Waals surface area contributed by atoms with Gasteiger partial charge in [-0.1, -0.05) is 37.1 Å². The number of carbonyl (C=O) groups excluding carboxylic acids is 1. The van der Waals surface area contributed by atoms with E-state index in [0.29, 0.717) is 13.1 Å². The molecule has 5 heteroatoms. The number of allylic oxidation sites excluding steroid dienone is 1. The van der Waals surface area contributed by atoms with Gasteiger partial charge in [0.1, 0.15) is 0 Å². The number of fused-ring (bicyclic) bond motifs is 1. The fourth-order valence-corrected chi connectivity index (χ4v) is 4.77. The zero-order chi connectivity index (χ0) is 20.1. The Balaban J connectivity index is 1.50. The summed E-state index contributed by atoms with van der Waals surface area (Å²) in [6, 6.07) is 11.9. The van der Waals surface area contributed by atoms with Gasteiger partial charge in [-0.2, -0.15) is 0 Å². The van der Waals surface area contributed by atoms with Gasteiger partial charge in [-0.15, -0.1) is 11.3 Å². The van der Waals surface area contributed by atoms with Crippen LogP contribution >= 0.6 is 11.3 Å². The van der Waals surface area contributed by atoms with E-state index in [1.54, 1.807) is 6.08 Å². The highest BCUT2D eigenvalue weighted by molar-refractivity contribution is 7.12. The van der Waals surface area contributed by atoms with E-state index in [0.717, 1.165) is 34.4 Å². The summed E-state index contributed by atoms with van der Waals surface area (Å²) in [5, 5.41) is 13.7. The van der Waals surface area contributed by atoms with Crippen molar-refractivity contribution in [1.29, 1.82) is 0 Å². The first-order valence-corrected chi connectivity index (χ1v) is 11.3. The van der Waals surface area contributed by atoms with Crippen LogP contribution in [0.4, 0.5) is 0 Å². The second-order valence-electron chi connectivity index (χ2n) is 7.80. The molecule has 0 unspecified atom stereocenters. The highest BCUT2D eigenvalue weighted by Gasteiger charge is 2.16. The number of aliphatic hydroxyl groups excluding tert-OH is 1. The summed E-state index contributed by atoms with van der Waals surface area (Å²) in [6.45, 7) is 3.45. The van der Waals surface area contributed by atoms with Crippen LogP contribution in [-0.2, 0) is 6.54 Å². The number of benzene rings is 1. The van der Waals surface area contributed by atoms with Gasteiger partial charge in [0.2, 0.25) is 0 Å². The molecule has 152 valence electrons. The third kappa shape index (κ3) is 5.04. The number of hydrogen-bond acceptors (Lipinski definition) is 4.